The number of carbonyl (C=O) groups is 1. The van der Waals surface area contributed by atoms with E-state index in [9.17, 15) is 4.79 Å². The number of rotatable bonds is 3. The molecular weight excluding hydrogens is 132 g/mol. The minimum atomic E-state index is -0.262. The summed E-state index contributed by atoms with van der Waals surface area (Å²) in [6, 6.07) is 0. The molecule has 0 heterocycles. The van der Waals surface area contributed by atoms with Crippen molar-refractivity contribution in [1.82, 2.24) is 0 Å². The SMILES string of the molecule is C=C.COCCOC(C)=O. The zero-order valence-corrected chi connectivity index (χ0v) is 6.55. The second kappa shape index (κ2) is 11.0. The van der Waals surface area contributed by atoms with Crippen molar-refractivity contribution in [2.45, 2.75) is 6.92 Å². The first-order chi connectivity index (χ1) is 4.77. The predicted octanol–water partition coefficient (Wildman–Crippen LogP) is 0.998. The highest BCUT2D eigenvalue weighted by Gasteiger charge is 1.88. The van der Waals surface area contributed by atoms with Crippen molar-refractivity contribution in [3.8, 4) is 0 Å². The van der Waals surface area contributed by atoms with Crippen LogP contribution < -0.4 is 0 Å². The number of methoxy groups -OCH3 is 1. The van der Waals surface area contributed by atoms with Crippen LogP contribution in [0.1, 0.15) is 6.92 Å². The van der Waals surface area contributed by atoms with Crippen LogP contribution in [0.4, 0.5) is 0 Å². The predicted molar refractivity (Wildman–Crippen MR) is 39.8 cm³/mol. The molecule has 0 spiro atoms. The summed E-state index contributed by atoms with van der Waals surface area (Å²) in [6.45, 7) is 8.20. The molecule has 0 atom stereocenters. The average molecular weight is 146 g/mol. The van der Waals surface area contributed by atoms with Crippen LogP contribution in [-0.2, 0) is 14.3 Å². The van der Waals surface area contributed by atoms with Gasteiger partial charge in [-0.25, -0.2) is 0 Å². The molecule has 0 aliphatic heterocycles. The minimum Gasteiger partial charge on any atom is -0.463 e. The Morgan fingerprint density at radius 2 is 1.90 bits per heavy atom. The van der Waals surface area contributed by atoms with E-state index in [2.05, 4.69) is 22.6 Å². The Kier molecular flexibility index (Phi) is 13.1. The van der Waals surface area contributed by atoms with Gasteiger partial charge in [0.05, 0.1) is 6.61 Å². The fraction of sp³-hybridized carbons (Fsp3) is 0.571. The molecule has 0 saturated heterocycles. The van der Waals surface area contributed by atoms with Crippen molar-refractivity contribution in [3.63, 3.8) is 0 Å². The molecule has 60 valence electrons. The lowest BCUT2D eigenvalue weighted by molar-refractivity contribution is -0.142. The Bertz CT molecular complexity index is 80.9. The number of hydrogen-bond acceptors (Lipinski definition) is 3. The molecule has 0 fully saturated rings. The lowest BCUT2D eigenvalue weighted by Gasteiger charge is -1.97. The van der Waals surface area contributed by atoms with Gasteiger partial charge in [-0.2, -0.15) is 0 Å². The van der Waals surface area contributed by atoms with Crippen molar-refractivity contribution in [1.29, 1.82) is 0 Å². The van der Waals surface area contributed by atoms with Crippen LogP contribution in [0.3, 0.4) is 0 Å². The van der Waals surface area contributed by atoms with Crippen molar-refractivity contribution < 1.29 is 14.3 Å². The van der Waals surface area contributed by atoms with E-state index in [1.54, 1.807) is 7.11 Å². The molecule has 0 radical (unpaired) electrons. The standard InChI is InChI=1S/C5H10O3.C2H4/c1-5(6)8-4-3-7-2;1-2/h3-4H2,1-2H3;1-2H2. The van der Waals surface area contributed by atoms with Gasteiger partial charge in [0.15, 0.2) is 0 Å². The van der Waals surface area contributed by atoms with Crippen LogP contribution in [0.25, 0.3) is 0 Å². The van der Waals surface area contributed by atoms with Gasteiger partial charge in [0.25, 0.3) is 0 Å². The Morgan fingerprint density at radius 1 is 1.40 bits per heavy atom. The van der Waals surface area contributed by atoms with E-state index in [4.69, 9.17) is 0 Å². The maximum absolute atomic E-state index is 10.0. The van der Waals surface area contributed by atoms with Crippen LogP contribution in [0.2, 0.25) is 0 Å². The molecule has 0 unspecified atom stereocenters. The van der Waals surface area contributed by atoms with Gasteiger partial charge in [-0.1, -0.05) is 0 Å². The molecule has 10 heavy (non-hydrogen) atoms. The maximum Gasteiger partial charge on any atom is 0.302 e. The van der Waals surface area contributed by atoms with Gasteiger partial charge in [0.2, 0.25) is 0 Å². The summed E-state index contributed by atoms with van der Waals surface area (Å²) in [5.41, 5.74) is 0. The normalized spacial score (nSPS) is 7.40. The average Bonchev–Trinajstić information content (AvgIpc) is 1.92. The van der Waals surface area contributed by atoms with E-state index in [1.807, 2.05) is 0 Å². The Hall–Kier alpha value is -0.830. The largest absolute Gasteiger partial charge is 0.463 e. The van der Waals surface area contributed by atoms with Gasteiger partial charge < -0.3 is 9.47 Å². The Labute approximate surface area is 61.6 Å². The number of carbonyl (C=O) groups excluding carboxylic acids is 1. The Balaban J connectivity index is 0. The lowest BCUT2D eigenvalue weighted by Crippen LogP contribution is -2.05. The minimum absolute atomic E-state index is 0.262. The first kappa shape index (κ1) is 11.9. The van der Waals surface area contributed by atoms with Crippen LogP contribution in [0, 0.1) is 0 Å². The van der Waals surface area contributed by atoms with E-state index in [1.165, 1.54) is 6.92 Å². The summed E-state index contributed by atoms with van der Waals surface area (Å²) >= 11 is 0. The molecule has 0 aliphatic rings. The summed E-state index contributed by atoms with van der Waals surface area (Å²) in [7, 11) is 1.56. The Morgan fingerprint density at radius 3 is 2.20 bits per heavy atom. The van der Waals surface area contributed by atoms with E-state index in [-0.39, 0.29) is 5.97 Å². The van der Waals surface area contributed by atoms with E-state index < -0.39 is 0 Å². The van der Waals surface area contributed by atoms with E-state index in [0.29, 0.717) is 13.2 Å². The zero-order chi connectivity index (χ0) is 8.41. The van der Waals surface area contributed by atoms with Crippen molar-refractivity contribution in [3.05, 3.63) is 13.2 Å². The summed E-state index contributed by atoms with van der Waals surface area (Å²) < 4.78 is 9.13. The molecule has 0 amide bonds. The summed E-state index contributed by atoms with van der Waals surface area (Å²) in [5.74, 6) is -0.262. The molecule has 0 aliphatic carbocycles. The molecule has 3 nitrogen and oxygen atoms in total. The van der Waals surface area contributed by atoms with Gasteiger partial charge in [-0.3, -0.25) is 4.79 Å². The van der Waals surface area contributed by atoms with E-state index >= 15 is 0 Å². The third-order valence-electron chi connectivity index (χ3n) is 0.593. The summed E-state index contributed by atoms with van der Waals surface area (Å²) in [5, 5.41) is 0. The fourth-order valence-corrected chi connectivity index (χ4v) is 0.269. The number of esters is 1. The number of ether oxygens (including phenoxy) is 2. The molecule has 0 aromatic carbocycles. The quantitative estimate of drug-likeness (QED) is 0.338. The molecule has 0 aromatic rings. The topological polar surface area (TPSA) is 35.5 Å². The number of hydrogen-bond donors (Lipinski definition) is 0. The summed E-state index contributed by atoms with van der Waals surface area (Å²) in [6.07, 6.45) is 0. The molecule has 0 bridgehead atoms. The molecule has 3 heteroatoms. The van der Waals surface area contributed by atoms with Crippen molar-refractivity contribution >= 4 is 5.97 Å². The van der Waals surface area contributed by atoms with Gasteiger partial charge in [-0.15, -0.1) is 13.2 Å². The van der Waals surface area contributed by atoms with Crippen LogP contribution in [-0.4, -0.2) is 26.3 Å². The van der Waals surface area contributed by atoms with Crippen molar-refractivity contribution in [2.75, 3.05) is 20.3 Å². The smallest absolute Gasteiger partial charge is 0.302 e. The molecular formula is C7H14O3. The van der Waals surface area contributed by atoms with Gasteiger partial charge >= 0.3 is 5.97 Å². The molecule has 0 rings (SSSR count). The highest BCUT2D eigenvalue weighted by atomic mass is 16.6. The first-order valence-electron chi connectivity index (χ1n) is 2.89. The monoisotopic (exact) mass is 146 g/mol. The van der Waals surface area contributed by atoms with Crippen LogP contribution in [0.15, 0.2) is 13.2 Å². The van der Waals surface area contributed by atoms with Gasteiger partial charge in [0.1, 0.15) is 6.61 Å². The second-order valence-electron chi connectivity index (χ2n) is 1.33. The molecule has 0 N–H and O–H groups in total. The zero-order valence-electron chi connectivity index (χ0n) is 6.55. The van der Waals surface area contributed by atoms with Crippen LogP contribution >= 0.6 is 0 Å². The van der Waals surface area contributed by atoms with Gasteiger partial charge in [-0.05, 0) is 0 Å². The maximum atomic E-state index is 10.0. The summed E-state index contributed by atoms with van der Waals surface area (Å²) in [4.78, 5) is 10.0. The van der Waals surface area contributed by atoms with Gasteiger partial charge in [0, 0.05) is 14.0 Å². The lowest BCUT2D eigenvalue weighted by atomic mass is 10.7. The third-order valence-corrected chi connectivity index (χ3v) is 0.593. The highest BCUT2D eigenvalue weighted by molar-refractivity contribution is 5.65. The second-order valence-corrected chi connectivity index (χ2v) is 1.33. The highest BCUT2D eigenvalue weighted by Crippen LogP contribution is 1.74. The molecule has 0 saturated carbocycles. The molecule has 0 aromatic heterocycles. The van der Waals surface area contributed by atoms with Crippen LogP contribution in [0.5, 0.6) is 0 Å². The van der Waals surface area contributed by atoms with E-state index in [0.717, 1.165) is 0 Å². The first-order valence-corrected chi connectivity index (χ1v) is 2.89. The van der Waals surface area contributed by atoms with Crippen molar-refractivity contribution in [2.24, 2.45) is 0 Å². The third kappa shape index (κ3) is 15.7. The fourth-order valence-electron chi connectivity index (χ4n) is 0.269.